The van der Waals surface area contributed by atoms with Gasteiger partial charge >= 0.3 is 5.97 Å². The smallest absolute Gasteiger partial charge is 0.306 e. The molecule has 1 aliphatic rings. The number of aryl methyl sites for hydroxylation is 1. The lowest BCUT2D eigenvalue weighted by Gasteiger charge is -2.26. The van der Waals surface area contributed by atoms with Crippen molar-refractivity contribution in [1.82, 2.24) is 19.4 Å². The van der Waals surface area contributed by atoms with Gasteiger partial charge in [0, 0.05) is 22.9 Å². The van der Waals surface area contributed by atoms with E-state index in [0.717, 1.165) is 39.9 Å². The van der Waals surface area contributed by atoms with E-state index >= 15 is 0 Å². The molecule has 3 aromatic rings. The van der Waals surface area contributed by atoms with Crippen LogP contribution in [0.1, 0.15) is 31.2 Å². The predicted octanol–water partition coefficient (Wildman–Crippen LogP) is 3.92. The van der Waals surface area contributed by atoms with Crippen LogP contribution in [0, 0.1) is 12.8 Å². The number of imidazole rings is 1. The van der Waals surface area contributed by atoms with Gasteiger partial charge in [-0.05, 0) is 66.2 Å². The molecule has 0 aliphatic heterocycles. The van der Waals surface area contributed by atoms with Gasteiger partial charge in [-0.3, -0.25) is 9.20 Å². The van der Waals surface area contributed by atoms with Crippen LogP contribution in [0.2, 0.25) is 0 Å². The monoisotopic (exact) mass is 429 g/mol. The summed E-state index contributed by atoms with van der Waals surface area (Å²) in [5, 5.41) is 12.5. The highest BCUT2D eigenvalue weighted by Gasteiger charge is 2.26. The van der Waals surface area contributed by atoms with Crippen LogP contribution in [0.15, 0.2) is 35.2 Å². The SMILES string of the molecule is Cc1cnc(NC2CCC(C(=O)O)CC2)nc1-c1cnc2ccc(Br)cn12. The molecule has 1 saturated carbocycles. The Balaban J connectivity index is 1.58. The number of hydrogen-bond donors (Lipinski definition) is 2. The largest absolute Gasteiger partial charge is 0.481 e. The first-order valence-corrected chi connectivity index (χ1v) is 9.76. The van der Waals surface area contributed by atoms with Crippen molar-refractivity contribution >= 4 is 33.5 Å². The van der Waals surface area contributed by atoms with E-state index in [0.29, 0.717) is 18.8 Å². The maximum Gasteiger partial charge on any atom is 0.306 e. The van der Waals surface area contributed by atoms with E-state index in [1.807, 2.05) is 42.0 Å². The van der Waals surface area contributed by atoms with Crippen molar-refractivity contribution in [3.8, 4) is 11.4 Å². The Morgan fingerprint density at radius 2 is 2.00 bits per heavy atom. The van der Waals surface area contributed by atoms with Gasteiger partial charge in [0.2, 0.25) is 5.95 Å². The summed E-state index contributed by atoms with van der Waals surface area (Å²) in [6, 6.07) is 4.11. The summed E-state index contributed by atoms with van der Waals surface area (Å²) in [5.41, 5.74) is 3.56. The van der Waals surface area contributed by atoms with Gasteiger partial charge in [0.15, 0.2) is 0 Å². The lowest BCUT2D eigenvalue weighted by Crippen LogP contribution is -2.29. The van der Waals surface area contributed by atoms with Crippen LogP contribution in [0.25, 0.3) is 17.0 Å². The van der Waals surface area contributed by atoms with Gasteiger partial charge in [-0.25, -0.2) is 15.0 Å². The average Bonchev–Trinajstić information content (AvgIpc) is 3.06. The number of halogens is 1. The van der Waals surface area contributed by atoms with Crippen molar-refractivity contribution < 1.29 is 9.90 Å². The number of carbonyl (C=O) groups is 1. The first-order chi connectivity index (χ1) is 13.0. The van der Waals surface area contributed by atoms with E-state index < -0.39 is 5.97 Å². The molecule has 27 heavy (non-hydrogen) atoms. The van der Waals surface area contributed by atoms with Gasteiger partial charge < -0.3 is 10.4 Å². The standard InChI is InChI=1S/C19H20BrN5O2/c1-11-8-22-19(23-14-5-2-12(3-6-14)18(26)27)24-17(11)15-9-21-16-7-4-13(20)10-25(15)16/h4,7-10,12,14H,2-3,5-6H2,1H3,(H,26,27)(H,22,23,24). The van der Waals surface area contributed by atoms with Gasteiger partial charge in [0.25, 0.3) is 0 Å². The van der Waals surface area contributed by atoms with Crippen LogP contribution < -0.4 is 5.32 Å². The molecule has 0 aromatic carbocycles. The number of nitrogens with one attached hydrogen (secondary N) is 1. The Labute approximate surface area is 165 Å². The topological polar surface area (TPSA) is 92.4 Å². The minimum absolute atomic E-state index is 0.201. The zero-order chi connectivity index (χ0) is 19.0. The van der Waals surface area contributed by atoms with Crippen molar-refractivity contribution in [3.05, 3.63) is 40.8 Å². The molecule has 0 unspecified atom stereocenters. The Bertz CT molecular complexity index is 995. The Morgan fingerprint density at radius 1 is 1.22 bits per heavy atom. The second kappa shape index (κ2) is 7.26. The van der Waals surface area contributed by atoms with Crippen LogP contribution in [-0.2, 0) is 4.79 Å². The minimum atomic E-state index is -0.693. The molecule has 140 valence electrons. The summed E-state index contributed by atoms with van der Waals surface area (Å²) in [5.74, 6) is -0.352. The lowest BCUT2D eigenvalue weighted by molar-refractivity contribution is -0.142. The maximum absolute atomic E-state index is 11.1. The molecule has 4 rings (SSSR count). The third-order valence-electron chi connectivity index (χ3n) is 5.09. The van der Waals surface area contributed by atoms with E-state index in [1.54, 1.807) is 0 Å². The first-order valence-electron chi connectivity index (χ1n) is 8.97. The van der Waals surface area contributed by atoms with Crippen molar-refractivity contribution in [2.45, 2.75) is 38.6 Å². The first kappa shape index (κ1) is 17.9. The molecule has 1 fully saturated rings. The maximum atomic E-state index is 11.1. The number of hydrogen-bond acceptors (Lipinski definition) is 5. The fourth-order valence-corrected chi connectivity index (χ4v) is 3.90. The molecular formula is C19H20BrN5O2. The van der Waals surface area contributed by atoms with Crippen LogP contribution in [0.3, 0.4) is 0 Å². The van der Waals surface area contributed by atoms with E-state index in [-0.39, 0.29) is 12.0 Å². The number of pyridine rings is 1. The van der Waals surface area contributed by atoms with Crippen molar-refractivity contribution in [2.75, 3.05) is 5.32 Å². The number of anilines is 1. The number of aromatic nitrogens is 4. The molecule has 0 atom stereocenters. The average molecular weight is 430 g/mol. The van der Waals surface area contributed by atoms with Crippen LogP contribution in [0.5, 0.6) is 0 Å². The summed E-state index contributed by atoms with van der Waals surface area (Å²) < 4.78 is 2.97. The van der Waals surface area contributed by atoms with Gasteiger partial charge in [-0.15, -0.1) is 0 Å². The van der Waals surface area contributed by atoms with Crippen LogP contribution >= 0.6 is 15.9 Å². The number of fused-ring (bicyclic) bond motifs is 1. The summed E-state index contributed by atoms with van der Waals surface area (Å²) >= 11 is 3.50. The molecule has 0 amide bonds. The highest BCUT2D eigenvalue weighted by molar-refractivity contribution is 9.10. The molecule has 3 heterocycles. The van der Waals surface area contributed by atoms with E-state index in [1.165, 1.54) is 0 Å². The molecule has 1 aliphatic carbocycles. The van der Waals surface area contributed by atoms with Crippen molar-refractivity contribution in [2.24, 2.45) is 5.92 Å². The summed E-state index contributed by atoms with van der Waals surface area (Å²) in [7, 11) is 0. The summed E-state index contributed by atoms with van der Waals surface area (Å²) in [6.45, 7) is 1.98. The number of nitrogens with zero attached hydrogens (tertiary/aromatic N) is 4. The molecular weight excluding hydrogens is 410 g/mol. The molecule has 0 spiro atoms. The number of carboxylic acid groups (broad SMARTS) is 1. The van der Waals surface area contributed by atoms with E-state index in [2.05, 4.69) is 31.2 Å². The van der Waals surface area contributed by atoms with Crippen LogP contribution in [-0.4, -0.2) is 36.5 Å². The Morgan fingerprint density at radius 3 is 2.74 bits per heavy atom. The fraction of sp³-hybridized carbons (Fsp3) is 0.368. The van der Waals surface area contributed by atoms with E-state index in [9.17, 15) is 4.79 Å². The molecule has 7 nitrogen and oxygen atoms in total. The fourth-order valence-electron chi connectivity index (χ4n) is 3.57. The van der Waals surface area contributed by atoms with E-state index in [4.69, 9.17) is 10.1 Å². The van der Waals surface area contributed by atoms with Gasteiger partial charge in [0.1, 0.15) is 5.65 Å². The second-order valence-corrected chi connectivity index (χ2v) is 7.89. The second-order valence-electron chi connectivity index (χ2n) is 6.98. The quantitative estimate of drug-likeness (QED) is 0.652. The Kier molecular flexibility index (Phi) is 4.82. The molecule has 2 N–H and O–H groups in total. The highest BCUT2D eigenvalue weighted by Crippen LogP contribution is 2.28. The number of aliphatic carboxylic acids is 1. The third kappa shape index (κ3) is 3.66. The Hall–Kier alpha value is -2.48. The zero-order valence-corrected chi connectivity index (χ0v) is 16.5. The normalized spacial score (nSPS) is 19.9. The van der Waals surface area contributed by atoms with Gasteiger partial charge in [-0.1, -0.05) is 0 Å². The molecule has 0 saturated heterocycles. The minimum Gasteiger partial charge on any atom is -0.481 e. The predicted molar refractivity (Wildman–Crippen MR) is 106 cm³/mol. The highest BCUT2D eigenvalue weighted by atomic mass is 79.9. The summed E-state index contributed by atoms with van der Waals surface area (Å²) in [6.07, 6.45) is 8.60. The molecule has 8 heteroatoms. The molecule has 0 bridgehead atoms. The molecule has 0 radical (unpaired) electrons. The lowest BCUT2D eigenvalue weighted by atomic mass is 9.86. The number of carboxylic acids is 1. The molecule has 3 aromatic heterocycles. The van der Waals surface area contributed by atoms with Gasteiger partial charge in [0.05, 0.1) is 23.5 Å². The van der Waals surface area contributed by atoms with Crippen molar-refractivity contribution in [1.29, 1.82) is 0 Å². The zero-order valence-electron chi connectivity index (χ0n) is 14.9. The third-order valence-corrected chi connectivity index (χ3v) is 5.56. The van der Waals surface area contributed by atoms with Crippen molar-refractivity contribution in [3.63, 3.8) is 0 Å². The van der Waals surface area contributed by atoms with Crippen LogP contribution in [0.4, 0.5) is 5.95 Å². The number of rotatable bonds is 4. The van der Waals surface area contributed by atoms with Gasteiger partial charge in [-0.2, -0.15) is 0 Å². The summed E-state index contributed by atoms with van der Waals surface area (Å²) in [4.78, 5) is 24.7.